The van der Waals surface area contributed by atoms with E-state index in [1.165, 1.54) is 7.11 Å². The van der Waals surface area contributed by atoms with E-state index < -0.39 is 5.97 Å². The molecule has 0 amide bonds. The van der Waals surface area contributed by atoms with Crippen LogP contribution >= 0.6 is 23.2 Å². The summed E-state index contributed by atoms with van der Waals surface area (Å²) < 4.78 is 17.7. The second kappa shape index (κ2) is 10.2. The largest absolute Gasteiger partial charge is 0.496 e. The Morgan fingerprint density at radius 2 is 1.82 bits per heavy atom. The molecule has 1 N–H and O–H groups in total. The Morgan fingerprint density at radius 1 is 1.13 bits per heavy atom. The molecule has 2 heterocycles. The molecule has 0 atom stereocenters. The first-order valence-corrected chi connectivity index (χ1v) is 13.9. The quantitative estimate of drug-likeness (QED) is 0.300. The Hall–Kier alpha value is -3.05. The molecule has 9 heteroatoms. The zero-order valence-electron chi connectivity index (χ0n) is 21.6. The first-order valence-electron chi connectivity index (χ1n) is 13.2. The van der Waals surface area contributed by atoms with Crippen molar-refractivity contribution in [1.82, 2.24) is 10.1 Å². The van der Waals surface area contributed by atoms with Crippen LogP contribution in [0.5, 0.6) is 5.75 Å². The minimum atomic E-state index is -1.03. The third kappa shape index (κ3) is 5.02. The number of pyridine rings is 1. The van der Waals surface area contributed by atoms with Gasteiger partial charge < -0.3 is 19.1 Å². The molecule has 4 saturated carbocycles. The smallest absolute Gasteiger partial charge is 0.339 e. The summed E-state index contributed by atoms with van der Waals surface area (Å²) in [4.78, 5) is 15.6. The van der Waals surface area contributed by atoms with Gasteiger partial charge in [-0.15, -0.1) is 0 Å². The van der Waals surface area contributed by atoms with Crippen LogP contribution in [0, 0.1) is 17.3 Å². The lowest BCUT2D eigenvalue weighted by molar-refractivity contribution is -0.131. The van der Waals surface area contributed by atoms with Gasteiger partial charge in [-0.3, -0.25) is 4.98 Å². The highest BCUT2D eigenvalue weighted by Crippen LogP contribution is 2.54. The summed E-state index contributed by atoms with van der Waals surface area (Å²) in [6, 6.07) is 5.05. The van der Waals surface area contributed by atoms with Gasteiger partial charge in [0.05, 0.1) is 29.4 Å². The molecule has 7 nitrogen and oxygen atoms in total. The Labute approximate surface area is 236 Å². The number of halogens is 2. The monoisotopic (exact) mass is 566 g/mol. The first kappa shape index (κ1) is 26.2. The molecule has 4 aliphatic rings. The molecule has 0 aliphatic heterocycles. The SMILES string of the molecule is COc1ccc(C#CC23CCC(OCc4c(-c5c(Cl)cncc5Cl)noc4C4CC4)(CC2)CC3)cc1C(=O)O. The van der Waals surface area contributed by atoms with Crippen LogP contribution < -0.4 is 4.74 Å². The van der Waals surface area contributed by atoms with Gasteiger partial charge in [0.1, 0.15) is 22.8 Å². The molecule has 202 valence electrons. The molecule has 2 aromatic heterocycles. The number of ether oxygens (including phenoxy) is 2. The Balaban J connectivity index is 1.18. The molecule has 7 rings (SSSR count). The number of aromatic carboxylic acids is 1. The Kier molecular flexibility index (Phi) is 6.83. The lowest BCUT2D eigenvalue weighted by atomic mass is 9.59. The number of carbonyl (C=O) groups is 1. The number of fused-ring (bicyclic) bond motifs is 3. The van der Waals surface area contributed by atoms with E-state index in [0.29, 0.717) is 45.1 Å². The summed E-state index contributed by atoms with van der Waals surface area (Å²) in [6.45, 7) is 0.391. The lowest BCUT2D eigenvalue weighted by Gasteiger charge is -2.51. The summed E-state index contributed by atoms with van der Waals surface area (Å²) in [6.07, 6.45) is 10.9. The minimum Gasteiger partial charge on any atom is -0.496 e. The predicted octanol–water partition coefficient (Wildman–Crippen LogP) is 7.29. The van der Waals surface area contributed by atoms with Crippen molar-refractivity contribution in [3.05, 3.63) is 63.1 Å². The van der Waals surface area contributed by atoms with E-state index in [9.17, 15) is 9.90 Å². The number of carboxylic acid groups (broad SMARTS) is 1. The molecule has 1 aromatic carbocycles. The van der Waals surface area contributed by atoms with Crippen molar-refractivity contribution in [3.8, 4) is 28.8 Å². The molecule has 39 heavy (non-hydrogen) atoms. The average Bonchev–Trinajstić information content (AvgIpc) is 3.71. The molecule has 4 aliphatic carbocycles. The van der Waals surface area contributed by atoms with Crippen molar-refractivity contribution in [2.24, 2.45) is 5.41 Å². The van der Waals surface area contributed by atoms with Gasteiger partial charge in [0.2, 0.25) is 0 Å². The van der Waals surface area contributed by atoms with Gasteiger partial charge in [-0.1, -0.05) is 40.2 Å². The summed E-state index contributed by atoms with van der Waals surface area (Å²) in [5.41, 5.74) is 2.72. The number of hydrogen-bond acceptors (Lipinski definition) is 6. The normalized spacial score (nSPS) is 23.8. The topological polar surface area (TPSA) is 94.7 Å². The van der Waals surface area contributed by atoms with E-state index in [1.807, 2.05) is 6.07 Å². The number of nitrogens with zero attached hydrogens (tertiary/aromatic N) is 2. The molecular formula is C30H28Cl2N2O5. The van der Waals surface area contributed by atoms with E-state index in [-0.39, 0.29) is 16.6 Å². The van der Waals surface area contributed by atoms with Crippen LogP contribution in [0.1, 0.15) is 84.5 Å². The van der Waals surface area contributed by atoms with E-state index >= 15 is 0 Å². The highest BCUT2D eigenvalue weighted by atomic mass is 35.5. The maximum Gasteiger partial charge on any atom is 0.339 e. The molecule has 0 radical (unpaired) electrons. The molecule has 2 bridgehead atoms. The Bertz CT molecular complexity index is 1460. The maximum atomic E-state index is 11.6. The fraction of sp³-hybridized carbons (Fsp3) is 0.433. The molecule has 4 fully saturated rings. The minimum absolute atomic E-state index is 0.0754. The van der Waals surface area contributed by atoms with Crippen LogP contribution in [-0.2, 0) is 11.3 Å². The molecular weight excluding hydrogens is 539 g/mol. The molecule has 3 aromatic rings. The van der Waals surface area contributed by atoms with Gasteiger partial charge >= 0.3 is 5.97 Å². The molecule has 0 spiro atoms. The number of rotatable bonds is 7. The second-order valence-electron chi connectivity index (χ2n) is 10.8. The van der Waals surface area contributed by atoms with Gasteiger partial charge in [-0.2, -0.15) is 0 Å². The zero-order valence-corrected chi connectivity index (χ0v) is 23.1. The standard InChI is InChI=1S/C30H28Cl2N2O5/c1-37-24-5-2-18(14-20(24)28(35)36)6-7-29-8-11-30(12-9-29,13-10-29)38-17-21-26(34-39-27(21)19-3-4-19)25-22(31)15-33-16-23(25)32/h2,5,14-16,19H,3-4,8-13,17H2,1H3,(H,35,36). The number of benzene rings is 1. The van der Waals surface area contributed by atoms with Crippen LogP contribution in [0.3, 0.4) is 0 Å². The summed E-state index contributed by atoms with van der Waals surface area (Å²) in [5, 5.41) is 14.7. The fourth-order valence-corrected chi connectivity index (χ4v) is 6.44. The highest BCUT2D eigenvalue weighted by molar-refractivity contribution is 6.38. The van der Waals surface area contributed by atoms with E-state index in [2.05, 4.69) is 22.0 Å². The van der Waals surface area contributed by atoms with E-state index in [1.54, 1.807) is 24.5 Å². The van der Waals surface area contributed by atoms with Crippen LogP contribution in [0.4, 0.5) is 0 Å². The van der Waals surface area contributed by atoms with Gasteiger partial charge in [0, 0.05) is 40.4 Å². The van der Waals surface area contributed by atoms with Crippen molar-refractivity contribution in [3.63, 3.8) is 0 Å². The van der Waals surface area contributed by atoms with Gasteiger partial charge in [-0.05, 0) is 69.6 Å². The third-order valence-corrected chi connectivity index (χ3v) is 9.03. The number of aromatic nitrogens is 2. The maximum absolute atomic E-state index is 11.6. The van der Waals surface area contributed by atoms with Crippen LogP contribution in [0.2, 0.25) is 10.0 Å². The predicted molar refractivity (Wildman–Crippen MR) is 146 cm³/mol. The lowest BCUT2D eigenvalue weighted by Crippen LogP contribution is -2.47. The zero-order chi connectivity index (χ0) is 27.2. The van der Waals surface area contributed by atoms with Gasteiger partial charge in [0.25, 0.3) is 0 Å². The van der Waals surface area contributed by atoms with Crippen molar-refractivity contribution >= 4 is 29.2 Å². The van der Waals surface area contributed by atoms with Crippen LogP contribution in [-0.4, -0.2) is 33.9 Å². The van der Waals surface area contributed by atoms with Crippen LogP contribution in [0.25, 0.3) is 11.3 Å². The summed E-state index contributed by atoms with van der Waals surface area (Å²) in [5.74, 6) is 7.29. The van der Waals surface area contributed by atoms with Crippen molar-refractivity contribution in [1.29, 1.82) is 0 Å². The number of carboxylic acids is 1. The van der Waals surface area contributed by atoms with Crippen LogP contribution in [0.15, 0.2) is 35.1 Å². The molecule has 0 saturated heterocycles. The highest BCUT2D eigenvalue weighted by Gasteiger charge is 2.49. The molecule has 0 unspecified atom stereocenters. The average molecular weight is 567 g/mol. The van der Waals surface area contributed by atoms with Crippen molar-refractivity contribution in [2.75, 3.05) is 7.11 Å². The first-order chi connectivity index (χ1) is 18.8. The Morgan fingerprint density at radius 3 is 2.44 bits per heavy atom. The van der Waals surface area contributed by atoms with E-state index in [0.717, 1.165) is 62.7 Å². The summed E-state index contributed by atoms with van der Waals surface area (Å²) in [7, 11) is 1.46. The van der Waals surface area contributed by atoms with Gasteiger partial charge in [0.15, 0.2) is 0 Å². The summed E-state index contributed by atoms with van der Waals surface area (Å²) >= 11 is 12.9. The van der Waals surface area contributed by atoms with Crippen molar-refractivity contribution < 1.29 is 23.9 Å². The number of hydrogen-bond donors (Lipinski definition) is 1. The van der Waals surface area contributed by atoms with E-state index in [4.69, 9.17) is 37.2 Å². The van der Waals surface area contributed by atoms with Crippen molar-refractivity contribution in [2.45, 2.75) is 69.5 Å². The second-order valence-corrected chi connectivity index (χ2v) is 11.7. The number of methoxy groups -OCH3 is 1. The van der Waals surface area contributed by atoms with Gasteiger partial charge in [-0.25, -0.2) is 4.79 Å². The third-order valence-electron chi connectivity index (χ3n) is 8.46. The fourth-order valence-electron chi connectivity index (χ4n) is 5.90.